The number of hydrogen-bond acceptors (Lipinski definition) is 7. The predicted octanol–water partition coefficient (Wildman–Crippen LogP) is 7.23. The van der Waals surface area contributed by atoms with E-state index in [-0.39, 0.29) is 12.3 Å². The monoisotopic (exact) mass is 595 g/mol. The minimum absolute atomic E-state index is 0.0798. The third-order valence-corrected chi connectivity index (χ3v) is 7.67. The van der Waals surface area contributed by atoms with E-state index in [1.165, 1.54) is 10.9 Å². The first kappa shape index (κ1) is 31.9. The fraction of sp³-hybridized carbons (Fsp3) is 0.438. The Morgan fingerprint density at radius 2 is 1.50 bits per heavy atom. The molecule has 10 heteroatoms. The van der Waals surface area contributed by atoms with Gasteiger partial charge in [-0.1, -0.05) is 30.3 Å². The maximum absolute atomic E-state index is 14.0. The molecule has 0 fully saturated rings. The van der Waals surface area contributed by atoms with E-state index in [2.05, 4.69) is 0 Å². The van der Waals surface area contributed by atoms with Crippen molar-refractivity contribution in [3.05, 3.63) is 77.5 Å². The molecule has 1 N–H and O–H groups in total. The quantitative estimate of drug-likeness (QED) is 0.183. The van der Waals surface area contributed by atoms with Crippen molar-refractivity contribution in [3.8, 4) is 22.6 Å². The highest BCUT2D eigenvalue weighted by Crippen LogP contribution is 2.47. The number of ether oxygens (including phenoxy) is 1. The third-order valence-electron chi connectivity index (χ3n) is 5.95. The molecule has 0 unspecified atom stereocenters. The Bertz CT molecular complexity index is 1510. The Labute approximate surface area is 249 Å². The molecule has 0 spiro atoms. The molecule has 42 heavy (non-hydrogen) atoms. The van der Waals surface area contributed by atoms with E-state index in [1.54, 1.807) is 13.8 Å². The van der Waals surface area contributed by atoms with E-state index in [1.807, 2.05) is 107 Å². The molecule has 0 atom stereocenters. The molecular weight excluding hydrogens is 553 g/mol. The Kier molecular flexibility index (Phi) is 9.60. The van der Waals surface area contributed by atoms with Crippen molar-refractivity contribution < 1.29 is 23.4 Å². The zero-order valence-electron chi connectivity index (χ0n) is 25.7. The minimum atomic E-state index is -1.74. The van der Waals surface area contributed by atoms with Crippen LogP contribution in [0.25, 0.3) is 27.8 Å². The summed E-state index contributed by atoms with van der Waals surface area (Å²) in [5, 5.41) is 10.4. The fourth-order valence-electron chi connectivity index (χ4n) is 4.03. The van der Waals surface area contributed by atoms with Crippen LogP contribution in [0.3, 0.4) is 0 Å². The van der Waals surface area contributed by atoms with Crippen molar-refractivity contribution in [2.45, 2.75) is 85.3 Å². The van der Waals surface area contributed by atoms with Crippen molar-refractivity contribution in [1.82, 2.24) is 14.1 Å². The van der Waals surface area contributed by atoms with Crippen LogP contribution in [0.5, 0.6) is 5.75 Å². The van der Waals surface area contributed by atoms with Gasteiger partial charge in [0.25, 0.3) is 5.56 Å². The normalized spacial score (nSPS) is 12.8. The second-order valence-corrected chi connectivity index (χ2v) is 13.9. The smallest absolute Gasteiger partial charge is 0.335 e. The highest BCUT2D eigenvalue weighted by molar-refractivity contribution is 7.41. The summed E-state index contributed by atoms with van der Waals surface area (Å²) in [6.45, 7) is 15.4. The molecule has 0 aliphatic carbocycles. The molecule has 4 aromatic rings. The Hall–Kier alpha value is -3.07. The number of rotatable bonds is 11. The van der Waals surface area contributed by atoms with Gasteiger partial charge in [-0.25, -0.2) is 4.98 Å². The minimum Gasteiger partial charge on any atom is -0.493 e. The number of fused-ring (bicyclic) bond motifs is 1. The highest BCUT2D eigenvalue weighted by Gasteiger charge is 2.28. The average molecular weight is 596 g/mol. The van der Waals surface area contributed by atoms with Gasteiger partial charge in [-0.05, 0) is 85.2 Å². The predicted molar refractivity (Wildman–Crippen MR) is 167 cm³/mol. The summed E-state index contributed by atoms with van der Waals surface area (Å²) in [4.78, 5) is 18.7. The van der Waals surface area contributed by atoms with Crippen molar-refractivity contribution >= 4 is 19.6 Å². The number of aliphatic hydroxyl groups is 1. The molecule has 9 nitrogen and oxygen atoms in total. The summed E-state index contributed by atoms with van der Waals surface area (Å²) < 4.78 is 27.3. The summed E-state index contributed by atoms with van der Waals surface area (Å²) >= 11 is 0. The first-order chi connectivity index (χ1) is 19.6. The molecule has 0 radical (unpaired) electrons. The number of aromatic nitrogens is 3. The second kappa shape index (κ2) is 12.7. The van der Waals surface area contributed by atoms with Crippen LogP contribution in [-0.2, 0) is 20.3 Å². The maximum atomic E-state index is 14.0. The van der Waals surface area contributed by atoms with Gasteiger partial charge in [0.05, 0.1) is 28.8 Å². The summed E-state index contributed by atoms with van der Waals surface area (Å²) in [7, 11) is -1.74. The molecular formula is C32H42N3O6P. The average Bonchev–Trinajstić information content (AvgIpc) is 3.27. The largest absolute Gasteiger partial charge is 0.493 e. The summed E-state index contributed by atoms with van der Waals surface area (Å²) in [5.41, 5.74) is 0.998. The molecule has 2 aromatic carbocycles. The molecule has 0 bridgehead atoms. The molecule has 0 aliphatic rings. The van der Waals surface area contributed by atoms with E-state index in [0.29, 0.717) is 29.8 Å². The van der Waals surface area contributed by atoms with Gasteiger partial charge >= 0.3 is 8.60 Å². The van der Waals surface area contributed by atoms with Gasteiger partial charge < -0.3 is 23.5 Å². The lowest BCUT2D eigenvalue weighted by molar-refractivity contribution is 0.0231. The third kappa shape index (κ3) is 8.72. The Morgan fingerprint density at radius 3 is 2.07 bits per heavy atom. The van der Waals surface area contributed by atoms with Gasteiger partial charge in [0, 0.05) is 23.9 Å². The zero-order chi connectivity index (χ0) is 30.7. The van der Waals surface area contributed by atoms with Crippen LogP contribution in [-0.4, -0.2) is 42.6 Å². The van der Waals surface area contributed by atoms with Gasteiger partial charge in [0.15, 0.2) is 5.65 Å². The lowest BCUT2D eigenvalue weighted by Gasteiger charge is -2.30. The van der Waals surface area contributed by atoms with Crippen molar-refractivity contribution in [2.24, 2.45) is 0 Å². The van der Waals surface area contributed by atoms with Crippen LogP contribution >= 0.6 is 8.60 Å². The molecule has 2 aromatic heterocycles. The number of nitrogens with zero attached hydrogens (tertiary/aromatic N) is 3. The van der Waals surface area contributed by atoms with Crippen molar-refractivity contribution in [1.29, 1.82) is 0 Å². The standard InChI is InChI=1S/C32H42N3O6P/c1-30(2,3)40-42(41-31(4,5)6)39-22-34-21-33-28-27(29(34)36)26(20-35(28)24-12-10-9-11-13-24)23-14-16-25(17-15-23)38-19-18-32(7,8)37/h9-17,20-21,37H,18-19,22H2,1-8H3. The van der Waals surface area contributed by atoms with E-state index >= 15 is 0 Å². The van der Waals surface area contributed by atoms with Crippen LogP contribution < -0.4 is 10.3 Å². The Balaban J connectivity index is 1.70. The van der Waals surface area contributed by atoms with Crippen LogP contribution in [0, 0.1) is 0 Å². The zero-order valence-corrected chi connectivity index (χ0v) is 26.6. The molecule has 4 rings (SSSR count). The van der Waals surface area contributed by atoms with Crippen LogP contribution in [0.2, 0.25) is 0 Å². The second-order valence-electron chi connectivity index (χ2n) is 12.8. The first-order valence-corrected chi connectivity index (χ1v) is 15.1. The van der Waals surface area contributed by atoms with Gasteiger partial charge in [-0.15, -0.1) is 0 Å². The molecule has 0 saturated carbocycles. The Morgan fingerprint density at radius 1 is 0.881 bits per heavy atom. The summed E-state index contributed by atoms with van der Waals surface area (Å²) in [5.74, 6) is 0.685. The SMILES string of the molecule is CC(C)(O)CCOc1ccc(-c2cn(-c3ccccc3)c3ncn(COP(OC(C)(C)C)OC(C)(C)C)c(=O)c23)cc1. The first-order valence-electron chi connectivity index (χ1n) is 14.0. The van der Waals surface area contributed by atoms with E-state index in [4.69, 9.17) is 23.3 Å². The van der Waals surface area contributed by atoms with Crippen LogP contribution in [0.15, 0.2) is 71.9 Å². The molecule has 0 amide bonds. The topological polar surface area (TPSA) is 97.0 Å². The van der Waals surface area contributed by atoms with Crippen LogP contribution in [0.4, 0.5) is 0 Å². The summed E-state index contributed by atoms with van der Waals surface area (Å²) in [6.07, 6.45) is 3.94. The molecule has 226 valence electrons. The van der Waals surface area contributed by atoms with Gasteiger partial charge in [-0.2, -0.15) is 0 Å². The molecule has 0 aliphatic heterocycles. The van der Waals surface area contributed by atoms with Crippen molar-refractivity contribution in [2.75, 3.05) is 6.61 Å². The number of para-hydroxylation sites is 1. The summed E-state index contributed by atoms with van der Waals surface area (Å²) in [6, 6.07) is 17.4. The van der Waals surface area contributed by atoms with E-state index in [9.17, 15) is 9.90 Å². The lowest BCUT2D eigenvalue weighted by atomic mass is 10.1. The van der Waals surface area contributed by atoms with Crippen molar-refractivity contribution in [3.63, 3.8) is 0 Å². The fourth-order valence-corrected chi connectivity index (χ4v) is 5.28. The van der Waals surface area contributed by atoms with Gasteiger partial charge in [0.1, 0.15) is 18.8 Å². The van der Waals surface area contributed by atoms with Crippen LogP contribution in [0.1, 0.15) is 61.8 Å². The molecule has 0 saturated heterocycles. The van der Waals surface area contributed by atoms with Gasteiger partial charge in [0.2, 0.25) is 0 Å². The van der Waals surface area contributed by atoms with E-state index in [0.717, 1.165) is 16.8 Å². The molecule has 2 heterocycles. The van der Waals surface area contributed by atoms with Gasteiger partial charge in [-0.3, -0.25) is 13.9 Å². The maximum Gasteiger partial charge on any atom is 0.335 e. The lowest BCUT2D eigenvalue weighted by Crippen LogP contribution is -2.25. The highest BCUT2D eigenvalue weighted by atomic mass is 31.2. The van der Waals surface area contributed by atoms with E-state index < -0.39 is 25.4 Å². The number of benzene rings is 2. The number of hydrogen-bond donors (Lipinski definition) is 1.